The van der Waals surface area contributed by atoms with Crippen LogP contribution in [0.25, 0.3) is 10.9 Å². The molecule has 0 saturated carbocycles. The van der Waals surface area contributed by atoms with E-state index in [0.717, 1.165) is 34.0 Å². The molecule has 1 aromatic heterocycles. The number of anilines is 1. The second-order valence-corrected chi connectivity index (χ2v) is 5.01. The Balaban J connectivity index is 2.22. The molecule has 0 amide bonds. The fourth-order valence-electron chi connectivity index (χ4n) is 1.69. The molecule has 0 aliphatic heterocycles. The average molecular weight is 295 g/mol. The third-order valence-corrected chi connectivity index (χ3v) is 2.99. The van der Waals surface area contributed by atoms with Crippen molar-refractivity contribution in [3.8, 4) is 0 Å². The van der Waals surface area contributed by atoms with E-state index in [1.165, 1.54) is 0 Å². The van der Waals surface area contributed by atoms with Crippen molar-refractivity contribution in [1.82, 2.24) is 4.98 Å². The van der Waals surface area contributed by atoms with Crippen LogP contribution in [-0.2, 0) is 0 Å². The molecule has 2 rings (SSSR count). The molecule has 1 aromatic carbocycles. The van der Waals surface area contributed by atoms with Gasteiger partial charge < -0.3 is 10.4 Å². The van der Waals surface area contributed by atoms with E-state index in [4.69, 9.17) is 0 Å². The van der Waals surface area contributed by atoms with Gasteiger partial charge in [0.05, 0.1) is 17.3 Å². The number of aliphatic hydroxyl groups is 1. The molecule has 17 heavy (non-hydrogen) atoms. The smallest absolute Gasteiger partial charge is 0.0934 e. The van der Waals surface area contributed by atoms with Gasteiger partial charge in [0, 0.05) is 22.6 Å². The summed E-state index contributed by atoms with van der Waals surface area (Å²) in [5.41, 5.74) is 1.97. The minimum absolute atomic E-state index is 0.278. The molecular formula is C13H15BrN2O. The van der Waals surface area contributed by atoms with Gasteiger partial charge in [0.1, 0.15) is 0 Å². The number of hydrogen-bond donors (Lipinski definition) is 2. The van der Waals surface area contributed by atoms with Crippen molar-refractivity contribution < 1.29 is 5.11 Å². The molecule has 1 atom stereocenters. The summed E-state index contributed by atoms with van der Waals surface area (Å²) in [5, 5.41) is 13.6. The lowest BCUT2D eigenvalue weighted by molar-refractivity contribution is 0.189. The molecule has 0 radical (unpaired) electrons. The fraction of sp³-hybridized carbons (Fsp3) is 0.308. The van der Waals surface area contributed by atoms with E-state index in [9.17, 15) is 5.11 Å². The highest BCUT2D eigenvalue weighted by Crippen LogP contribution is 2.23. The van der Waals surface area contributed by atoms with E-state index in [1.54, 1.807) is 13.1 Å². The standard InChI is InChI=1S/C13H15BrN2O/c1-9(17)5-6-15-12-4-2-3-10-7-11(14)8-16-13(10)12/h2-4,7-9,15,17H,5-6H2,1H3. The van der Waals surface area contributed by atoms with Gasteiger partial charge in [-0.2, -0.15) is 0 Å². The van der Waals surface area contributed by atoms with Crippen molar-refractivity contribution in [3.63, 3.8) is 0 Å². The minimum Gasteiger partial charge on any atom is -0.393 e. The molecule has 0 bridgehead atoms. The molecule has 3 nitrogen and oxygen atoms in total. The van der Waals surface area contributed by atoms with Crippen LogP contribution in [0.1, 0.15) is 13.3 Å². The van der Waals surface area contributed by atoms with Crippen molar-refractivity contribution in [3.05, 3.63) is 34.9 Å². The summed E-state index contributed by atoms with van der Waals surface area (Å²) >= 11 is 3.41. The molecule has 4 heteroatoms. The van der Waals surface area contributed by atoms with Crippen LogP contribution in [0.3, 0.4) is 0 Å². The number of nitrogens with one attached hydrogen (secondary N) is 1. The van der Waals surface area contributed by atoms with Crippen molar-refractivity contribution in [2.24, 2.45) is 0 Å². The molecule has 0 aliphatic carbocycles. The molecular weight excluding hydrogens is 280 g/mol. The molecule has 2 aromatic rings. The maximum absolute atomic E-state index is 9.22. The van der Waals surface area contributed by atoms with Crippen LogP contribution < -0.4 is 5.32 Å². The highest BCUT2D eigenvalue weighted by atomic mass is 79.9. The average Bonchev–Trinajstić information content (AvgIpc) is 2.28. The Hall–Kier alpha value is -1.13. The van der Waals surface area contributed by atoms with Crippen molar-refractivity contribution in [2.45, 2.75) is 19.4 Å². The maximum atomic E-state index is 9.22. The second-order valence-electron chi connectivity index (χ2n) is 4.10. The fourth-order valence-corrected chi connectivity index (χ4v) is 2.04. The number of pyridine rings is 1. The summed E-state index contributed by atoms with van der Waals surface area (Å²) in [4.78, 5) is 4.41. The molecule has 1 heterocycles. The number of hydrogen-bond acceptors (Lipinski definition) is 3. The molecule has 2 N–H and O–H groups in total. The van der Waals surface area contributed by atoms with Gasteiger partial charge in [-0.25, -0.2) is 0 Å². The van der Waals surface area contributed by atoms with E-state index in [-0.39, 0.29) is 6.10 Å². The molecule has 0 spiro atoms. The molecule has 0 saturated heterocycles. The van der Waals surface area contributed by atoms with Gasteiger partial charge in [0.15, 0.2) is 0 Å². The van der Waals surface area contributed by atoms with E-state index >= 15 is 0 Å². The Bertz CT molecular complexity index is 514. The summed E-state index contributed by atoms with van der Waals surface area (Å²) in [5.74, 6) is 0. The summed E-state index contributed by atoms with van der Waals surface area (Å²) in [7, 11) is 0. The van der Waals surface area contributed by atoms with Gasteiger partial charge in [-0.1, -0.05) is 12.1 Å². The third kappa shape index (κ3) is 3.17. The first-order valence-corrected chi connectivity index (χ1v) is 6.42. The van der Waals surface area contributed by atoms with Crippen LogP contribution in [0.5, 0.6) is 0 Å². The molecule has 0 aliphatic rings. The van der Waals surface area contributed by atoms with E-state index in [0.29, 0.717) is 0 Å². The highest BCUT2D eigenvalue weighted by Gasteiger charge is 2.03. The minimum atomic E-state index is -0.278. The number of fused-ring (bicyclic) bond motifs is 1. The topological polar surface area (TPSA) is 45.1 Å². The summed E-state index contributed by atoms with van der Waals surface area (Å²) in [6.45, 7) is 2.54. The zero-order chi connectivity index (χ0) is 12.3. The molecule has 90 valence electrons. The van der Waals surface area contributed by atoms with Crippen LogP contribution in [0.15, 0.2) is 34.9 Å². The lowest BCUT2D eigenvalue weighted by Crippen LogP contribution is -2.10. The number of halogens is 1. The summed E-state index contributed by atoms with van der Waals surface area (Å²) < 4.78 is 0.978. The largest absolute Gasteiger partial charge is 0.393 e. The molecule has 1 unspecified atom stereocenters. The van der Waals surface area contributed by atoms with Crippen molar-refractivity contribution >= 4 is 32.5 Å². The lowest BCUT2D eigenvalue weighted by atomic mass is 10.2. The van der Waals surface area contributed by atoms with E-state index < -0.39 is 0 Å². The quantitative estimate of drug-likeness (QED) is 0.910. The SMILES string of the molecule is CC(O)CCNc1cccc2cc(Br)cnc12. The maximum Gasteiger partial charge on any atom is 0.0934 e. The summed E-state index contributed by atoms with van der Waals surface area (Å²) in [6.07, 6.45) is 2.24. The Morgan fingerprint density at radius 1 is 1.47 bits per heavy atom. The molecule has 0 fully saturated rings. The number of aromatic nitrogens is 1. The zero-order valence-electron chi connectivity index (χ0n) is 9.65. The zero-order valence-corrected chi connectivity index (χ0v) is 11.2. The third-order valence-electron chi connectivity index (χ3n) is 2.56. The van der Waals surface area contributed by atoms with Gasteiger partial charge in [-0.15, -0.1) is 0 Å². The first-order valence-electron chi connectivity index (χ1n) is 5.63. The highest BCUT2D eigenvalue weighted by molar-refractivity contribution is 9.10. The predicted molar refractivity (Wildman–Crippen MR) is 74.2 cm³/mol. The predicted octanol–water partition coefficient (Wildman–Crippen LogP) is 3.18. The first-order chi connectivity index (χ1) is 8.16. The Morgan fingerprint density at radius 3 is 3.06 bits per heavy atom. The second kappa shape index (κ2) is 5.47. The van der Waals surface area contributed by atoms with E-state index in [2.05, 4.69) is 26.2 Å². The monoisotopic (exact) mass is 294 g/mol. The number of benzene rings is 1. The number of para-hydroxylation sites is 1. The van der Waals surface area contributed by atoms with Crippen LogP contribution in [0.4, 0.5) is 5.69 Å². The Morgan fingerprint density at radius 2 is 2.29 bits per heavy atom. The van der Waals surface area contributed by atoms with Crippen molar-refractivity contribution in [1.29, 1.82) is 0 Å². The number of rotatable bonds is 4. The normalized spacial score (nSPS) is 12.6. The lowest BCUT2D eigenvalue weighted by Gasteiger charge is -2.10. The Labute approximate surface area is 109 Å². The van der Waals surface area contributed by atoms with Crippen LogP contribution in [0.2, 0.25) is 0 Å². The van der Waals surface area contributed by atoms with Gasteiger partial charge in [-0.3, -0.25) is 4.98 Å². The van der Waals surface area contributed by atoms with Crippen LogP contribution in [-0.4, -0.2) is 22.7 Å². The number of aliphatic hydroxyl groups excluding tert-OH is 1. The van der Waals surface area contributed by atoms with Gasteiger partial charge in [0.25, 0.3) is 0 Å². The first kappa shape index (κ1) is 12.3. The van der Waals surface area contributed by atoms with Crippen LogP contribution >= 0.6 is 15.9 Å². The van der Waals surface area contributed by atoms with E-state index in [1.807, 2.05) is 24.3 Å². The van der Waals surface area contributed by atoms with Gasteiger partial charge in [0.2, 0.25) is 0 Å². The number of nitrogens with zero attached hydrogens (tertiary/aromatic N) is 1. The van der Waals surface area contributed by atoms with Gasteiger partial charge in [-0.05, 0) is 41.4 Å². The van der Waals surface area contributed by atoms with Crippen molar-refractivity contribution in [2.75, 3.05) is 11.9 Å². The van der Waals surface area contributed by atoms with Crippen LogP contribution in [0, 0.1) is 0 Å². The summed E-state index contributed by atoms with van der Waals surface area (Å²) in [6, 6.07) is 8.08. The van der Waals surface area contributed by atoms with Gasteiger partial charge >= 0.3 is 0 Å². The Kier molecular flexibility index (Phi) is 3.97.